The maximum Gasteiger partial charge on any atom is 0.221 e. The molecule has 1 aliphatic rings. The van der Waals surface area contributed by atoms with Gasteiger partial charge in [0.25, 0.3) is 0 Å². The summed E-state index contributed by atoms with van der Waals surface area (Å²) >= 11 is 0. The molecule has 2 aromatic carbocycles. The van der Waals surface area contributed by atoms with Gasteiger partial charge in [0.2, 0.25) is 5.91 Å². The summed E-state index contributed by atoms with van der Waals surface area (Å²) in [6.07, 6.45) is 5.41. The summed E-state index contributed by atoms with van der Waals surface area (Å²) in [5, 5.41) is 2.77. The summed E-state index contributed by atoms with van der Waals surface area (Å²) in [4.78, 5) is 18.3. The molecular weight excluding hydrogens is 358 g/mol. The van der Waals surface area contributed by atoms with E-state index in [2.05, 4.69) is 68.0 Å². The summed E-state index contributed by atoms with van der Waals surface area (Å²) in [7, 11) is 0. The molecular formula is C25H31N3O. The number of amides is 1. The second kappa shape index (κ2) is 8.24. The van der Waals surface area contributed by atoms with Gasteiger partial charge in [-0.3, -0.25) is 9.79 Å². The first-order valence-corrected chi connectivity index (χ1v) is 10.2. The lowest BCUT2D eigenvalue weighted by Crippen LogP contribution is -2.45. The lowest BCUT2D eigenvalue weighted by molar-refractivity contribution is -0.114. The van der Waals surface area contributed by atoms with Crippen molar-refractivity contribution in [2.24, 2.45) is 4.99 Å². The van der Waals surface area contributed by atoms with E-state index in [9.17, 15) is 4.79 Å². The van der Waals surface area contributed by atoms with Crippen LogP contribution in [0.15, 0.2) is 47.5 Å². The SMILES string of the molecule is CCCN1c2cc(C)c(C=Nc3ccc(NC(C)=O)cc3)cc2C(C)=CC1(C)C. The van der Waals surface area contributed by atoms with Gasteiger partial charge in [0.1, 0.15) is 0 Å². The highest BCUT2D eigenvalue weighted by molar-refractivity contribution is 5.91. The molecule has 1 aliphatic heterocycles. The van der Waals surface area contributed by atoms with Crippen molar-refractivity contribution in [1.29, 1.82) is 0 Å². The minimum Gasteiger partial charge on any atom is -0.362 e. The van der Waals surface area contributed by atoms with Crippen LogP contribution in [0.5, 0.6) is 0 Å². The van der Waals surface area contributed by atoms with Gasteiger partial charge < -0.3 is 10.2 Å². The number of nitrogens with one attached hydrogen (secondary N) is 1. The van der Waals surface area contributed by atoms with E-state index in [4.69, 9.17) is 0 Å². The van der Waals surface area contributed by atoms with E-state index in [1.165, 1.54) is 29.3 Å². The van der Waals surface area contributed by atoms with E-state index in [0.29, 0.717) is 0 Å². The molecule has 0 unspecified atom stereocenters. The topological polar surface area (TPSA) is 44.7 Å². The van der Waals surface area contributed by atoms with E-state index in [1.807, 2.05) is 30.5 Å². The van der Waals surface area contributed by atoms with Crippen molar-refractivity contribution in [3.63, 3.8) is 0 Å². The Morgan fingerprint density at radius 2 is 1.86 bits per heavy atom. The fraction of sp³-hybridized carbons (Fsp3) is 0.360. The van der Waals surface area contributed by atoms with E-state index < -0.39 is 0 Å². The Bertz CT molecular complexity index is 968. The van der Waals surface area contributed by atoms with Crippen LogP contribution in [0.25, 0.3) is 5.57 Å². The minimum absolute atomic E-state index is 0.0186. The van der Waals surface area contributed by atoms with Crippen LogP contribution >= 0.6 is 0 Å². The first-order valence-electron chi connectivity index (χ1n) is 10.2. The molecule has 0 saturated heterocycles. The van der Waals surface area contributed by atoms with Gasteiger partial charge in [0.05, 0.1) is 11.2 Å². The van der Waals surface area contributed by atoms with Crippen molar-refractivity contribution in [1.82, 2.24) is 0 Å². The number of hydrogen-bond donors (Lipinski definition) is 1. The van der Waals surface area contributed by atoms with Crippen LogP contribution in [-0.2, 0) is 4.79 Å². The number of fused-ring (bicyclic) bond motifs is 1. The molecule has 4 heteroatoms. The number of rotatable bonds is 5. The smallest absolute Gasteiger partial charge is 0.221 e. The molecule has 1 N–H and O–H groups in total. The maximum atomic E-state index is 11.1. The Hall–Kier alpha value is -2.88. The number of hydrogen-bond acceptors (Lipinski definition) is 3. The summed E-state index contributed by atoms with van der Waals surface area (Å²) in [5.41, 5.74) is 7.90. The Labute approximate surface area is 174 Å². The van der Waals surface area contributed by atoms with Gasteiger partial charge >= 0.3 is 0 Å². The first kappa shape index (κ1) is 20.8. The number of carbonyl (C=O) groups excluding carboxylic acids is 1. The van der Waals surface area contributed by atoms with E-state index in [-0.39, 0.29) is 11.4 Å². The zero-order valence-corrected chi connectivity index (χ0v) is 18.3. The first-order chi connectivity index (χ1) is 13.7. The average molecular weight is 390 g/mol. The van der Waals surface area contributed by atoms with Gasteiger partial charge in [0, 0.05) is 36.6 Å². The number of aliphatic imine (C=N–C) groups is 1. The highest BCUT2D eigenvalue weighted by atomic mass is 16.1. The van der Waals surface area contributed by atoms with E-state index >= 15 is 0 Å². The fourth-order valence-electron chi connectivity index (χ4n) is 3.99. The van der Waals surface area contributed by atoms with Gasteiger partial charge in [0.15, 0.2) is 0 Å². The number of benzene rings is 2. The van der Waals surface area contributed by atoms with Gasteiger partial charge in [-0.1, -0.05) is 13.0 Å². The number of anilines is 2. The van der Waals surface area contributed by atoms with Crippen LogP contribution in [0.1, 0.15) is 57.7 Å². The zero-order valence-electron chi connectivity index (χ0n) is 18.3. The molecule has 0 aromatic heterocycles. The molecule has 2 aromatic rings. The number of nitrogens with zero attached hydrogens (tertiary/aromatic N) is 2. The highest BCUT2D eigenvalue weighted by Gasteiger charge is 2.31. The molecule has 0 saturated carbocycles. The monoisotopic (exact) mass is 389 g/mol. The zero-order chi connectivity index (χ0) is 21.2. The summed E-state index contributed by atoms with van der Waals surface area (Å²) < 4.78 is 0. The maximum absolute atomic E-state index is 11.1. The van der Waals surface area contributed by atoms with Crippen LogP contribution in [0.2, 0.25) is 0 Å². The van der Waals surface area contributed by atoms with Crippen molar-refractivity contribution in [3.8, 4) is 0 Å². The van der Waals surface area contributed by atoms with Crippen LogP contribution in [0, 0.1) is 6.92 Å². The molecule has 1 heterocycles. The standard InChI is InChI=1S/C25H31N3O/c1-7-12-28-24-13-17(2)20(14-23(24)18(3)15-25(28,5)6)16-26-21-8-10-22(11-9-21)27-19(4)29/h8-11,13-16H,7,12H2,1-6H3,(H,27,29). The fourth-order valence-corrected chi connectivity index (χ4v) is 3.99. The molecule has 0 spiro atoms. The van der Waals surface area contributed by atoms with Crippen molar-refractivity contribution in [2.45, 2.75) is 53.5 Å². The molecule has 0 atom stereocenters. The molecule has 4 nitrogen and oxygen atoms in total. The average Bonchev–Trinajstić information content (AvgIpc) is 2.64. The van der Waals surface area contributed by atoms with Gasteiger partial charge in [-0.05, 0) is 87.2 Å². The van der Waals surface area contributed by atoms with Crippen molar-refractivity contribution < 1.29 is 4.79 Å². The quantitative estimate of drug-likeness (QED) is 0.627. The molecule has 3 rings (SSSR count). The predicted molar refractivity (Wildman–Crippen MR) is 125 cm³/mol. The highest BCUT2D eigenvalue weighted by Crippen LogP contribution is 2.40. The third-order valence-corrected chi connectivity index (χ3v) is 5.35. The Kier molecular flexibility index (Phi) is 5.92. The van der Waals surface area contributed by atoms with Crippen molar-refractivity contribution >= 4 is 34.8 Å². The molecule has 29 heavy (non-hydrogen) atoms. The van der Waals surface area contributed by atoms with Crippen LogP contribution < -0.4 is 10.2 Å². The summed E-state index contributed by atoms with van der Waals surface area (Å²) in [6.45, 7) is 13.7. The normalized spacial score (nSPS) is 15.2. The van der Waals surface area contributed by atoms with Crippen LogP contribution in [0.4, 0.5) is 17.1 Å². The number of allylic oxidation sites excluding steroid dienone is 1. The molecule has 0 aliphatic carbocycles. The third-order valence-electron chi connectivity index (χ3n) is 5.35. The Morgan fingerprint density at radius 3 is 2.48 bits per heavy atom. The Balaban J connectivity index is 1.91. The third kappa shape index (κ3) is 4.58. The second-order valence-corrected chi connectivity index (χ2v) is 8.34. The van der Waals surface area contributed by atoms with Gasteiger partial charge in [-0.15, -0.1) is 0 Å². The van der Waals surface area contributed by atoms with Gasteiger partial charge in [-0.25, -0.2) is 0 Å². The predicted octanol–water partition coefficient (Wildman–Crippen LogP) is 6.12. The largest absolute Gasteiger partial charge is 0.362 e. The molecule has 152 valence electrons. The molecule has 0 bridgehead atoms. The Morgan fingerprint density at radius 1 is 1.17 bits per heavy atom. The lowest BCUT2D eigenvalue weighted by atomic mass is 9.87. The van der Waals surface area contributed by atoms with Crippen molar-refractivity contribution in [3.05, 3.63) is 59.2 Å². The van der Waals surface area contributed by atoms with Crippen LogP contribution in [-0.4, -0.2) is 24.2 Å². The summed E-state index contributed by atoms with van der Waals surface area (Å²) in [5.74, 6) is -0.0744. The number of aryl methyl sites for hydroxylation is 1. The molecule has 0 radical (unpaired) electrons. The van der Waals surface area contributed by atoms with E-state index in [1.54, 1.807) is 0 Å². The van der Waals surface area contributed by atoms with Crippen molar-refractivity contribution in [2.75, 3.05) is 16.8 Å². The minimum atomic E-state index is -0.0744. The van der Waals surface area contributed by atoms with E-state index in [0.717, 1.165) is 29.9 Å². The molecule has 0 fully saturated rings. The number of carbonyl (C=O) groups is 1. The van der Waals surface area contributed by atoms with Gasteiger partial charge in [-0.2, -0.15) is 0 Å². The second-order valence-electron chi connectivity index (χ2n) is 8.34. The molecule has 1 amide bonds. The van der Waals surface area contributed by atoms with Crippen LogP contribution in [0.3, 0.4) is 0 Å². The lowest BCUT2D eigenvalue weighted by Gasteiger charge is -2.43. The summed E-state index contributed by atoms with van der Waals surface area (Å²) in [6, 6.07) is 12.1.